The van der Waals surface area contributed by atoms with Gasteiger partial charge >= 0.3 is 0 Å². The van der Waals surface area contributed by atoms with Crippen LogP contribution in [0.25, 0.3) is 0 Å². The van der Waals surface area contributed by atoms with Crippen LogP contribution in [0.15, 0.2) is 48.5 Å². The smallest absolute Gasteiger partial charge is 0.232 e. The van der Waals surface area contributed by atoms with Crippen molar-refractivity contribution >= 4 is 44.5 Å². The molecule has 3 aromatic rings. The van der Waals surface area contributed by atoms with E-state index in [0.717, 1.165) is 41.0 Å². The Labute approximate surface area is 219 Å². The third-order valence-corrected chi connectivity index (χ3v) is 6.84. The van der Waals surface area contributed by atoms with Crippen molar-refractivity contribution in [2.75, 3.05) is 11.4 Å². The highest BCUT2D eigenvalue weighted by molar-refractivity contribution is 7.59. The number of ketones is 1. The van der Waals surface area contributed by atoms with Crippen LogP contribution in [0.2, 0.25) is 0 Å². The number of amides is 1. The van der Waals surface area contributed by atoms with Crippen molar-refractivity contribution in [3.8, 4) is 0 Å². The number of anilines is 1. The molecule has 35 heavy (non-hydrogen) atoms. The topological polar surface area (TPSA) is 55.2 Å². The Morgan fingerprint density at radius 1 is 1.09 bits per heavy atom. The summed E-state index contributed by atoms with van der Waals surface area (Å²) in [6.45, 7) is 6.38. The molecular weight excluding hydrogens is 481 g/mol. The van der Waals surface area contributed by atoms with E-state index in [1.165, 1.54) is 12.1 Å². The summed E-state index contributed by atoms with van der Waals surface area (Å²) in [6.07, 6.45) is 2.19. The highest BCUT2D eigenvalue weighted by Gasteiger charge is 2.46. The van der Waals surface area contributed by atoms with Gasteiger partial charge in [-0.2, -0.15) is 32.1 Å². The van der Waals surface area contributed by atoms with E-state index in [2.05, 4.69) is 0 Å². The van der Waals surface area contributed by atoms with Crippen molar-refractivity contribution in [2.24, 2.45) is 5.92 Å². The number of aryl methyl sites for hydroxylation is 2. The van der Waals surface area contributed by atoms with Crippen LogP contribution in [0, 0.1) is 25.6 Å². The van der Waals surface area contributed by atoms with E-state index in [-0.39, 0.29) is 56.8 Å². The second-order valence-electron chi connectivity index (χ2n) is 9.21. The maximum absolute atomic E-state index is 13.9. The van der Waals surface area contributed by atoms with Crippen molar-refractivity contribution in [1.29, 1.82) is 0 Å². The molecule has 0 saturated heterocycles. The van der Waals surface area contributed by atoms with Gasteiger partial charge in [-0.15, -0.1) is 0 Å². The Hall–Kier alpha value is -2.58. The second kappa shape index (κ2) is 10.6. The van der Waals surface area contributed by atoms with Gasteiger partial charge in [-0.25, -0.2) is 9.07 Å². The second-order valence-corrected chi connectivity index (χ2v) is 9.21. The van der Waals surface area contributed by atoms with Crippen LogP contribution in [0.5, 0.6) is 0 Å². The molecule has 1 amide bonds. The Morgan fingerprint density at radius 2 is 1.77 bits per heavy atom. The Kier molecular flexibility index (Phi) is 8.17. The average molecular weight is 514 g/mol. The van der Waals surface area contributed by atoms with E-state index in [1.807, 2.05) is 43.7 Å². The number of aromatic nitrogens is 2. The molecule has 5 rings (SSSR count). The van der Waals surface area contributed by atoms with Crippen molar-refractivity contribution in [2.45, 2.75) is 52.0 Å². The maximum Gasteiger partial charge on any atom is 0.232 e. The summed E-state index contributed by atoms with van der Waals surface area (Å²) in [5, 5.41) is 4.83. The monoisotopic (exact) mass is 513 g/mol. The van der Waals surface area contributed by atoms with Crippen LogP contribution >= 0.6 is 27.0 Å². The molecule has 1 fully saturated rings. The van der Waals surface area contributed by atoms with E-state index in [0.29, 0.717) is 18.2 Å². The van der Waals surface area contributed by atoms with Crippen LogP contribution in [0.1, 0.15) is 70.9 Å². The van der Waals surface area contributed by atoms with Crippen molar-refractivity contribution < 1.29 is 14.0 Å². The highest BCUT2D eigenvalue weighted by atomic mass is 32.1. The fourth-order valence-corrected chi connectivity index (χ4v) is 5.12. The van der Waals surface area contributed by atoms with E-state index in [1.54, 1.807) is 23.1 Å². The molecule has 1 aromatic heterocycles. The first kappa shape index (κ1) is 27.0. The van der Waals surface area contributed by atoms with Crippen LogP contribution in [-0.4, -0.2) is 28.0 Å². The average Bonchev–Trinajstić information content (AvgIpc) is 3.59. The first-order valence-electron chi connectivity index (χ1n) is 11.6. The van der Waals surface area contributed by atoms with Crippen LogP contribution in [0.4, 0.5) is 10.2 Å². The minimum absolute atomic E-state index is 0. The zero-order valence-electron chi connectivity index (χ0n) is 20.2. The predicted molar refractivity (Wildman–Crippen MR) is 146 cm³/mol. The zero-order valence-corrected chi connectivity index (χ0v) is 22.2. The number of nitrogens with zero attached hydrogens (tertiary/aromatic N) is 3. The third kappa shape index (κ3) is 4.91. The molecule has 0 spiro atoms. The predicted octanol–water partition coefficient (Wildman–Crippen LogP) is 5.59. The van der Waals surface area contributed by atoms with E-state index in [9.17, 15) is 14.0 Å². The van der Waals surface area contributed by atoms with Crippen LogP contribution in [-0.2, 0) is 4.79 Å². The molecule has 2 atom stereocenters. The van der Waals surface area contributed by atoms with Crippen molar-refractivity contribution in [3.05, 3.63) is 82.3 Å². The quantitative estimate of drug-likeness (QED) is 0.404. The van der Waals surface area contributed by atoms with E-state index >= 15 is 0 Å². The summed E-state index contributed by atoms with van der Waals surface area (Å²) in [6, 6.07) is 14.1. The summed E-state index contributed by atoms with van der Waals surface area (Å²) in [5.74, 6) is -0.535. The number of Topliss-reactive ketones (excluding diaryl/α,β-unsaturated/α-hetero) is 1. The molecule has 0 bridgehead atoms. The Morgan fingerprint density at radius 3 is 2.37 bits per heavy atom. The summed E-state index contributed by atoms with van der Waals surface area (Å²) in [4.78, 5) is 29.0. The van der Waals surface area contributed by atoms with Gasteiger partial charge in [-0.05, 0) is 57.4 Å². The number of hydrogen-bond acceptors (Lipinski definition) is 3. The minimum atomic E-state index is -0.577. The van der Waals surface area contributed by atoms with Gasteiger partial charge in [0.15, 0.2) is 5.78 Å². The lowest BCUT2D eigenvalue weighted by molar-refractivity contribution is -0.123. The molecule has 0 unspecified atom stereocenters. The van der Waals surface area contributed by atoms with Crippen molar-refractivity contribution in [1.82, 2.24) is 9.78 Å². The number of hydrogen-bond donors (Lipinski definition) is 0. The molecule has 0 N–H and O–H groups in total. The number of halogens is 1. The summed E-state index contributed by atoms with van der Waals surface area (Å²) >= 11 is 0. The molecular formula is C27H32FN3O2S2. The largest absolute Gasteiger partial charge is 0.297 e. The molecule has 8 heteroatoms. The molecule has 5 nitrogen and oxygen atoms in total. The summed E-state index contributed by atoms with van der Waals surface area (Å²) in [5.41, 5.74) is 4.30. The number of carbonyl (C=O) groups excluding carboxylic acids is 2. The van der Waals surface area contributed by atoms with Gasteiger partial charge in [0.2, 0.25) is 5.91 Å². The molecule has 1 aliphatic carbocycles. The first-order chi connectivity index (χ1) is 15.9. The van der Waals surface area contributed by atoms with E-state index in [4.69, 9.17) is 5.10 Å². The molecule has 2 aromatic carbocycles. The highest BCUT2D eigenvalue weighted by Crippen LogP contribution is 2.49. The fraction of sp³-hybridized carbons (Fsp3) is 0.370. The van der Waals surface area contributed by atoms with Crippen molar-refractivity contribution in [3.63, 3.8) is 0 Å². The SMILES string of the molecule is CCN1C(=O)[C@@H](CC(=O)c2cccc(C)c2)[C@@H](c2ccc(F)cc2)c2c(C)nn(C3CC3)c21.S.S. The zero-order chi connectivity index (χ0) is 23.3. The van der Waals surface area contributed by atoms with E-state index < -0.39 is 5.92 Å². The van der Waals surface area contributed by atoms with Gasteiger partial charge in [-0.1, -0.05) is 35.9 Å². The normalized spacial score (nSPS) is 19.0. The fourth-order valence-electron chi connectivity index (χ4n) is 5.12. The minimum Gasteiger partial charge on any atom is -0.297 e. The lowest BCUT2D eigenvalue weighted by atomic mass is 9.74. The maximum atomic E-state index is 13.9. The van der Waals surface area contributed by atoms with Gasteiger partial charge in [0, 0.05) is 30.0 Å². The van der Waals surface area contributed by atoms with Gasteiger partial charge in [0.25, 0.3) is 0 Å². The summed E-state index contributed by atoms with van der Waals surface area (Å²) < 4.78 is 15.8. The Bertz CT molecular complexity index is 1240. The van der Waals surface area contributed by atoms with Gasteiger partial charge in [-0.3, -0.25) is 14.5 Å². The number of rotatable bonds is 6. The van der Waals surface area contributed by atoms with Gasteiger partial charge in [0.05, 0.1) is 17.7 Å². The van der Waals surface area contributed by atoms with Crippen LogP contribution in [0.3, 0.4) is 0 Å². The molecule has 2 heterocycles. The number of carbonyl (C=O) groups is 2. The lowest BCUT2D eigenvalue weighted by Crippen LogP contribution is -2.45. The Balaban J connectivity index is 0.00000171. The molecule has 1 aliphatic heterocycles. The first-order valence-corrected chi connectivity index (χ1v) is 11.6. The lowest BCUT2D eigenvalue weighted by Gasteiger charge is -2.38. The molecule has 1 saturated carbocycles. The molecule has 186 valence electrons. The van der Waals surface area contributed by atoms with Gasteiger partial charge in [0.1, 0.15) is 11.6 Å². The molecule has 2 aliphatic rings. The third-order valence-electron chi connectivity index (χ3n) is 6.84. The number of benzene rings is 2. The van der Waals surface area contributed by atoms with Crippen LogP contribution < -0.4 is 4.90 Å². The number of fused-ring (bicyclic) bond motifs is 1. The molecule has 0 radical (unpaired) electrons. The summed E-state index contributed by atoms with van der Waals surface area (Å²) in [7, 11) is 0. The standard InChI is InChI=1S/C27H28FN3O2.2H2S/c1-4-30-26-24(17(3)29-31(26)21-12-13-21)25(18-8-10-20(28)11-9-18)22(27(30)33)15-23(32)19-7-5-6-16(2)14-19;;/h5-11,14,21-22,25H,4,12-13,15H2,1-3H3;2*1H2/t22-,25+;;/m0../s1. The van der Waals surface area contributed by atoms with Gasteiger partial charge < -0.3 is 0 Å².